The van der Waals surface area contributed by atoms with E-state index in [0.29, 0.717) is 56.1 Å². The summed E-state index contributed by atoms with van der Waals surface area (Å²) in [6.07, 6.45) is -0.566. The smallest absolute Gasteiger partial charge is 0.338 e. The van der Waals surface area contributed by atoms with Gasteiger partial charge in [-0.3, -0.25) is 9.48 Å². The van der Waals surface area contributed by atoms with Gasteiger partial charge in [0.15, 0.2) is 5.82 Å². The molecule has 10 heteroatoms. The number of nitrogens with zero attached hydrogens (tertiary/aromatic N) is 5. The van der Waals surface area contributed by atoms with Gasteiger partial charge in [0, 0.05) is 69.2 Å². The quantitative estimate of drug-likeness (QED) is 0.700. The molecule has 0 radical (unpaired) electrons. The van der Waals surface area contributed by atoms with Crippen molar-refractivity contribution in [2.75, 3.05) is 31.6 Å². The molecule has 0 saturated heterocycles. The fourth-order valence-corrected chi connectivity index (χ4v) is 5.39. The minimum atomic E-state index is -4.49. The fraction of sp³-hybridized carbons (Fsp3) is 0.520. The molecular formula is C25H31F3N6O. The first kappa shape index (κ1) is 23.7. The molecule has 0 spiro atoms. The number of nitrogens with one attached hydrogen (secondary N) is 1. The van der Waals surface area contributed by atoms with E-state index in [9.17, 15) is 18.0 Å². The summed E-state index contributed by atoms with van der Waals surface area (Å²) in [5.41, 5.74) is 6.72. The van der Waals surface area contributed by atoms with Crippen LogP contribution in [0.15, 0.2) is 18.3 Å². The standard InChI is InChI=1S/C25H31F3N6O/c1-15(2)34-22-7-9-32(16(3)35)14-20(22)24(30-34)33-8-5-6-17-10-19(18-12-29-31(4)13-18)21(11-23(17)33)25(26,27)28/h10-11,13,15,29H,5-9,12,14H2,1-4H3. The van der Waals surface area contributed by atoms with Crippen LogP contribution in [-0.4, -0.2) is 52.3 Å². The van der Waals surface area contributed by atoms with E-state index >= 15 is 0 Å². The highest BCUT2D eigenvalue weighted by molar-refractivity contribution is 5.78. The molecule has 1 N–H and O–H groups in total. The number of carbonyl (C=O) groups excluding carboxylic acids is 1. The SMILES string of the molecule is CC(=O)N1CCc2c(c(N3CCCc4cc(C5=CN(C)NC5)c(C(F)(F)F)cc43)nn2C(C)C)C1. The largest absolute Gasteiger partial charge is 0.417 e. The van der Waals surface area contributed by atoms with Gasteiger partial charge in [-0.05, 0) is 55.5 Å². The number of aromatic nitrogens is 2. The second-order valence-corrected chi connectivity index (χ2v) is 9.86. The Labute approximate surface area is 203 Å². The van der Waals surface area contributed by atoms with Crippen LogP contribution in [0.3, 0.4) is 0 Å². The van der Waals surface area contributed by atoms with E-state index in [-0.39, 0.29) is 17.5 Å². The molecule has 0 bridgehead atoms. The molecule has 0 unspecified atom stereocenters. The molecule has 3 aliphatic heterocycles. The Bertz CT molecular complexity index is 1200. The molecule has 1 amide bonds. The maximum absolute atomic E-state index is 14.3. The van der Waals surface area contributed by atoms with Gasteiger partial charge in [0.2, 0.25) is 5.91 Å². The zero-order chi connectivity index (χ0) is 25.1. The third-order valence-electron chi connectivity index (χ3n) is 7.11. The van der Waals surface area contributed by atoms with Crippen molar-refractivity contribution in [3.63, 3.8) is 0 Å². The van der Waals surface area contributed by atoms with E-state index in [1.165, 1.54) is 6.07 Å². The van der Waals surface area contributed by atoms with Gasteiger partial charge in [0.05, 0.1) is 12.1 Å². The number of rotatable bonds is 3. The van der Waals surface area contributed by atoms with Crippen LogP contribution in [0.4, 0.5) is 24.7 Å². The Hall–Kier alpha value is -3.01. The summed E-state index contributed by atoms with van der Waals surface area (Å²) < 4.78 is 44.8. The fourth-order valence-electron chi connectivity index (χ4n) is 5.39. The molecule has 4 heterocycles. The summed E-state index contributed by atoms with van der Waals surface area (Å²) in [6.45, 7) is 7.63. The predicted molar refractivity (Wildman–Crippen MR) is 128 cm³/mol. The van der Waals surface area contributed by atoms with Crippen molar-refractivity contribution in [2.45, 2.75) is 58.8 Å². The molecule has 0 aliphatic carbocycles. The number of carbonyl (C=O) groups is 1. The van der Waals surface area contributed by atoms with Crippen LogP contribution >= 0.6 is 0 Å². The Morgan fingerprint density at radius 3 is 2.57 bits per heavy atom. The van der Waals surface area contributed by atoms with Crippen LogP contribution in [-0.2, 0) is 30.4 Å². The highest BCUT2D eigenvalue weighted by Crippen LogP contribution is 2.44. The number of hydrazine groups is 1. The molecule has 188 valence electrons. The lowest BCUT2D eigenvalue weighted by Crippen LogP contribution is -2.35. The number of aryl methyl sites for hydroxylation is 1. The topological polar surface area (TPSA) is 56.6 Å². The molecule has 3 aliphatic rings. The molecule has 0 fully saturated rings. The van der Waals surface area contributed by atoms with Crippen molar-refractivity contribution in [2.24, 2.45) is 0 Å². The first-order valence-corrected chi connectivity index (χ1v) is 12.1. The predicted octanol–water partition coefficient (Wildman–Crippen LogP) is 4.26. The Kier molecular flexibility index (Phi) is 5.82. The van der Waals surface area contributed by atoms with E-state index in [1.54, 1.807) is 36.1 Å². The van der Waals surface area contributed by atoms with E-state index in [1.807, 2.05) is 23.4 Å². The van der Waals surface area contributed by atoms with Crippen LogP contribution in [0.25, 0.3) is 5.57 Å². The van der Waals surface area contributed by atoms with Gasteiger partial charge < -0.3 is 14.8 Å². The zero-order valence-corrected chi connectivity index (χ0v) is 20.5. The monoisotopic (exact) mass is 488 g/mol. The number of fused-ring (bicyclic) bond motifs is 2. The minimum Gasteiger partial charge on any atom is -0.338 e. The maximum atomic E-state index is 14.3. The van der Waals surface area contributed by atoms with Gasteiger partial charge >= 0.3 is 6.18 Å². The van der Waals surface area contributed by atoms with Crippen LogP contribution in [0.2, 0.25) is 0 Å². The van der Waals surface area contributed by atoms with Gasteiger partial charge in [0.25, 0.3) is 0 Å². The first-order valence-electron chi connectivity index (χ1n) is 12.1. The van der Waals surface area contributed by atoms with Crippen molar-refractivity contribution >= 4 is 23.0 Å². The molecule has 0 atom stereocenters. The van der Waals surface area contributed by atoms with Crippen molar-refractivity contribution in [3.8, 4) is 0 Å². The van der Waals surface area contributed by atoms with E-state index in [4.69, 9.17) is 5.10 Å². The summed E-state index contributed by atoms with van der Waals surface area (Å²) in [5, 5.41) is 6.59. The van der Waals surface area contributed by atoms with Crippen molar-refractivity contribution in [1.29, 1.82) is 0 Å². The second-order valence-electron chi connectivity index (χ2n) is 9.86. The van der Waals surface area contributed by atoms with Gasteiger partial charge in [0.1, 0.15) is 0 Å². The molecular weight excluding hydrogens is 457 g/mol. The molecule has 7 nitrogen and oxygen atoms in total. The van der Waals surface area contributed by atoms with Crippen LogP contribution < -0.4 is 10.3 Å². The summed E-state index contributed by atoms with van der Waals surface area (Å²) >= 11 is 0. The van der Waals surface area contributed by atoms with Crippen LogP contribution in [0.1, 0.15) is 61.2 Å². The lowest BCUT2D eigenvalue weighted by Gasteiger charge is -2.33. The lowest BCUT2D eigenvalue weighted by molar-refractivity contribution is -0.137. The van der Waals surface area contributed by atoms with Crippen LogP contribution in [0.5, 0.6) is 0 Å². The highest BCUT2D eigenvalue weighted by atomic mass is 19.4. The van der Waals surface area contributed by atoms with Gasteiger partial charge in [-0.2, -0.15) is 18.3 Å². The van der Waals surface area contributed by atoms with Crippen molar-refractivity contribution < 1.29 is 18.0 Å². The number of hydrogen-bond acceptors (Lipinski definition) is 5. The second kappa shape index (κ2) is 8.58. The minimum absolute atomic E-state index is 0.00893. The molecule has 5 rings (SSSR count). The Morgan fingerprint density at radius 2 is 1.94 bits per heavy atom. The van der Waals surface area contributed by atoms with Crippen LogP contribution in [0, 0.1) is 0 Å². The summed E-state index contributed by atoms with van der Waals surface area (Å²) in [4.78, 5) is 15.8. The normalized spacial score (nSPS) is 18.2. The van der Waals surface area contributed by atoms with E-state index in [2.05, 4.69) is 5.43 Å². The Balaban J connectivity index is 1.65. The number of benzene rings is 1. The molecule has 35 heavy (non-hydrogen) atoms. The van der Waals surface area contributed by atoms with E-state index < -0.39 is 11.7 Å². The third kappa shape index (κ3) is 4.17. The summed E-state index contributed by atoms with van der Waals surface area (Å²) in [6, 6.07) is 3.12. The highest BCUT2D eigenvalue weighted by Gasteiger charge is 2.38. The average molecular weight is 489 g/mol. The van der Waals surface area contributed by atoms with Gasteiger partial charge in [-0.15, -0.1) is 0 Å². The zero-order valence-electron chi connectivity index (χ0n) is 20.5. The van der Waals surface area contributed by atoms with Crippen molar-refractivity contribution in [1.82, 2.24) is 25.1 Å². The third-order valence-corrected chi connectivity index (χ3v) is 7.11. The Morgan fingerprint density at radius 1 is 1.17 bits per heavy atom. The maximum Gasteiger partial charge on any atom is 0.417 e. The average Bonchev–Trinajstić information content (AvgIpc) is 3.40. The molecule has 0 saturated carbocycles. The number of hydrogen-bond donors (Lipinski definition) is 1. The molecule has 2 aromatic rings. The van der Waals surface area contributed by atoms with Gasteiger partial charge in [-0.25, -0.2) is 5.43 Å². The van der Waals surface area contributed by atoms with Crippen molar-refractivity contribution in [3.05, 3.63) is 46.3 Å². The molecule has 1 aromatic carbocycles. The summed E-state index contributed by atoms with van der Waals surface area (Å²) in [7, 11) is 1.78. The van der Waals surface area contributed by atoms with E-state index in [0.717, 1.165) is 23.2 Å². The van der Waals surface area contributed by atoms with Gasteiger partial charge in [-0.1, -0.05) is 0 Å². The number of anilines is 2. The first-order chi connectivity index (χ1) is 16.5. The summed E-state index contributed by atoms with van der Waals surface area (Å²) in [5.74, 6) is 0.660. The number of amides is 1. The number of halogens is 3. The molecule has 1 aromatic heterocycles. The number of alkyl halides is 3. The lowest BCUT2D eigenvalue weighted by atomic mass is 9.91.